The van der Waals surface area contributed by atoms with Crippen molar-refractivity contribution in [3.8, 4) is 5.75 Å². The summed E-state index contributed by atoms with van der Waals surface area (Å²) >= 11 is 1.39. The van der Waals surface area contributed by atoms with E-state index < -0.39 is 28.7 Å². The molecule has 5 rings (SSSR count). The van der Waals surface area contributed by atoms with Gasteiger partial charge in [-0.1, -0.05) is 78.9 Å². The van der Waals surface area contributed by atoms with E-state index in [1.165, 1.54) is 27.8 Å². The minimum atomic E-state index is -1.03. The first-order chi connectivity index (χ1) is 20.3. The average Bonchev–Trinajstić information content (AvgIpc) is 3.26. The Labute approximate surface area is 251 Å². The summed E-state index contributed by atoms with van der Waals surface area (Å²) in [5.41, 5.74) is 2.67. The number of hydrogen-bond donors (Lipinski definition) is 4. The van der Waals surface area contributed by atoms with E-state index in [1.807, 2.05) is 18.2 Å². The van der Waals surface area contributed by atoms with Crippen molar-refractivity contribution >= 4 is 29.5 Å². The number of carboxylic acids is 1. The Bertz CT molecular complexity index is 1270. The number of amides is 2. The number of benzene rings is 3. The molecule has 0 spiro atoms. The van der Waals surface area contributed by atoms with Crippen LogP contribution in [0.5, 0.6) is 5.75 Å². The lowest BCUT2D eigenvalue weighted by molar-refractivity contribution is -0.161. The van der Waals surface area contributed by atoms with E-state index in [-0.39, 0.29) is 17.9 Å². The van der Waals surface area contributed by atoms with Crippen LogP contribution in [0.3, 0.4) is 0 Å². The first-order valence-corrected chi connectivity index (χ1v) is 14.8. The molecule has 2 aliphatic heterocycles. The summed E-state index contributed by atoms with van der Waals surface area (Å²) in [5.74, 6) is -1.23. The molecule has 0 bridgehead atoms. The fraction of sp³-hybridized carbons (Fsp3) is 0.344. The maximum Gasteiger partial charge on any atom is 0.327 e. The van der Waals surface area contributed by atoms with Crippen molar-refractivity contribution in [1.29, 1.82) is 0 Å². The SMILES string of the molecule is CC1(C)S[C@@H]2[C@H](NC(=O)COc3ccccc3)C(=O)N2C1C(=O)O.c1ccc(CNCCNCc2ccccc2)cc1. The topological polar surface area (TPSA) is 120 Å². The lowest BCUT2D eigenvalue weighted by atomic mass is 9.96. The summed E-state index contributed by atoms with van der Waals surface area (Å²) in [7, 11) is 0. The normalized spacial score (nSPS) is 20.0. The fourth-order valence-electron chi connectivity index (χ4n) is 4.86. The Kier molecular flexibility index (Phi) is 11.0. The summed E-state index contributed by atoms with van der Waals surface area (Å²) in [5, 5.41) is 18.5. The van der Waals surface area contributed by atoms with Crippen LogP contribution in [0.4, 0.5) is 0 Å². The van der Waals surface area contributed by atoms with Gasteiger partial charge < -0.3 is 30.7 Å². The number of aliphatic carboxylic acids is 1. The zero-order chi connectivity index (χ0) is 30.0. The molecular weight excluding hydrogens is 552 g/mol. The summed E-state index contributed by atoms with van der Waals surface area (Å²) < 4.78 is 4.74. The number of ether oxygens (including phenoxy) is 1. The van der Waals surface area contributed by atoms with Crippen LogP contribution in [0.2, 0.25) is 0 Å². The second-order valence-electron chi connectivity index (χ2n) is 10.6. The molecule has 0 aromatic heterocycles. The van der Waals surface area contributed by atoms with Gasteiger partial charge in [0.25, 0.3) is 5.91 Å². The average molecular weight is 591 g/mol. The number of carboxylic acid groups (broad SMARTS) is 1. The maximum absolute atomic E-state index is 12.2. The predicted molar refractivity (Wildman–Crippen MR) is 164 cm³/mol. The number of para-hydroxylation sites is 1. The minimum Gasteiger partial charge on any atom is -0.484 e. The van der Waals surface area contributed by atoms with Crippen LogP contribution in [-0.2, 0) is 27.5 Å². The first kappa shape index (κ1) is 31.1. The van der Waals surface area contributed by atoms with E-state index in [0.717, 1.165) is 26.2 Å². The third-order valence-corrected chi connectivity index (χ3v) is 8.50. The van der Waals surface area contributed by atoms with Crippen LogP contribution in [0.1, 0.15) is 25.0 Å². The van der Waals surface area contributed by atoms with E-state index in [1.54, 1.807) is 38.1 Å². The van der Waals surface area contributed by atoms with Crippen molar-refractivity contribution in [3.05, 3.63) is 102 Å². The molecule has 2 aliphatic rings. The lowest BCUT2D eigenvalue weighted by Gasteiger charge is -2.43. The molecule has 1 unspecified atom stereocenters. The predicted octanol–water partition coefficient (Wildman–Crippen LogP) is 3.26. The van der Waals surface area contributed by atoms with E-state index >= 15 is 0 Å². The van der Waals surface area contributed by atoms with Crippen LogP contribution >= 0.6 is 11.8 Å². The van der Waals surface area contributed by atoms with E-state index in [4.69, 9.17) is 4.74 Å². The number of fused-ring (bicyclic) bond motifs is 1. The largest absolute Gasteiger partial charge is 0.484 e. The molecule has 3 aromatic rings. The maximum atomic E-state index is 12.2. The number of nitrogens with zero attached hydrogens (tertiary/aromatic N) is 1. The molecule has 2 fully saturated rings. The first-order valence-electron chi connectivity index (χ1n) is 14.0. The Morgan fingerprint density at radius 1 is 0.857 bits per heavy atom. The highest BCUT2D eigenvalue weighted by Crippen LogP contribution is 2.50. The molecule has 2 saturated heterocycles. The number of carbonyl (C=O) groups is 3. The number of β-lactam (4-membered cyclic amide) rings is 1. The molecule has 9 nitrogen and oxygen atoms in total. The summed E-state index contributed by atoms with van der Waals surface area (Å²) in [6.07, 6.45) is 0. The number of nitrogens with one attached hydrogen (secondary N) is 3. The van der Waals surface area contributed by atoms with Crippen molar-refractivity contribution in [2.24, 2.45) is 0 Å². The van der Waals surface area contributed by atoms with Gasteiger partial charge >= 0.3 is 5.97 Å². The summed E-state index contributed by atoms with van der Waals surface area (Å²) in [6, 6.07) is 28.3. The van der Waals surface area contributed by atoms with Gasteiger partial charge in [0.2, 0.25) is 5.91 Å². The van der Waals surface area contributed by atoms with Crippen molar-refractivity contribution in [1.82, 2.24) is 20.9 Å². The standard InChI is InChI=1S/C16H18N2O5S.C16H20N2/c1-16(2)12(15(21)22)18-13(20)11(14(18)24-16)17-10(19)8-23-9-6-4-3-5-7-9;1-3-7-15(8-4-1)13-17-11-12-18-14-16-9-5-2-6-10-16/h3-7,11-12,14H,8H2,1-2H3,(H,17,19)(H,21,22);1-10,17-18H,11-14H2/t11-,12?,14-;/m1./s1. The van der Waals surface area contributed by atoms with Gasteiger partial charge in [0.1, 0.15) is 23.2 Å². The second kappa shape index (κ2) is 14.9. The fourth-order valence-corrected chi connectivity index (χ4v) is 6.49. The highest BCUT2D eigenvalue weighted by atomic mass is 32.2. The molecular formula is C32H38N4O5S. The monoisotopic (exact) mass is 590 g/mol. The van der Waals surface area contributed by atoms with Crippen LogP contribution in [-0.4, -0.2) is 69.7 Å². The van der Waals surface area contributed by atoms with Gasteiger partial charge in [-0.2, -0.15) is 0 Å². The molecule has 0 aliphatic carbocycles. The van der Waals surface area contributed by atoms with Crippen molar-refractivity contribution in [3.63, 3.8) is 0 Å². The third kappa shape index (κ3) is 8.34. The zero-order valence-electron chi connectivity index (χ0n) is 23.9. The van der Waals surface area contributed by atoms with Crippen LogP contribution in [0.15, 0.2) is 91.0 Å². The van der Waals surface area contributed by atoms with Gasteiger partial charge in [0.05, 0.1) is 0 Å². The lowest BCUT2D eigenvalue weighted by Crippen LogP contribution is -2.70. The second-order valence-corrected chi connectivity index (χ2v) is 12.3. The van der Waals surface area contributed by atoms with Gasteiger partial charge in [-0.25, -0.2) is 4.79 Å². The van der Waals surface area contributed by atoms with Crippen molar-refractivity contribution < 1.29 is 24.2 Å². The summed E-state index contributed by atoms with van der Waals surface area (Å²) in [6.45, 7) is 7.24. The molecule has 3 atom stereocenters. The number of hydrogen-bond acceptors (Lipinski definition) is 7. The van der Waals surface area contributed by atoms with Gasteiger partial charge in [-0.05, 0) is 37.1 Å². The molecule has 2 amide bonds. The molecule has 0 radical (unpaired) electrons. The molecule has 42 heavy (non-hydrogen) atoms. The molecule has 4 N–H and O–H groups in total. The van der Waals surface area contributed by atoms with Crippen LogP contribution in [0.25, 0.3) is 0 Å². The van der Waals surface area contributed by atoms with Gasteiger partial charge in [-0.15, -0.1) is 11.8 Å². The molecule has 222 valence electrons. The molecule has 0 saturated carbocycles. The van der Waals surface area contributed by atoms with E-state index in [0.29, 0.717) is 5.75 Å². The Balaban J connectivity index is 0.000000201. The smallest absolute Gasteiger partial charge is 0.327 e. The van der Waals surface area contributed by atoms with Crippen LogP contribution in [0, 0.1) is 0 Å². The van der Waals surface area contributed by atoms with Gasteiger partial charge in [-0.3, -0.25) is 9.59 Å². The summed E-state index contributed by atoms with van der Waals surface area (Å²) in [4.78, 5) is 37.0. The molecule has 10 heteroatoms. The number of rotatable bonds is 12. The Hall–Kier alpha value is -3.86. The quantitative estimate of drug-likeness (QED) is 0.188. The van der Waals surface area contributed by atoms with Gasteiger partial charge in [0, 0.05) is 30.9 Å². The molecule has 3 aromatic carbocycles. The molecule has 2 heterocycles. The van der Waals surface area contributed by atoms with E-state index in [2.05, 4.69) is 64.5 Å². The Morgan fingerprint density at radius 2 is 1.36 bits per heavy atom. The third-order valence-electron chi connectivity index (χ3n) is 6.93. The number of carbonyl (C=O) groups excluding carboxylic acids is 2. The minimum absolute atomic E-state index is 0.197. The highest BCUT2D eigenvalue weighted by molar-refractivity contribution is 8.01. The highest BCUT2D eigenvalue weighted by Gasteiger charge is 2.64. The van der Waals surface area contributed by atoms with Crippen molar-refractivity contribution in [2.75, 3.05) is 19.7 Å². The van der Waals surface area contributed by atoms with E-state index in [9.17, 15) is 19.5 Å². The van der Waals surface area contributed by atoms with Gasteiger partial charge in [0.15, 0.2) is 6.61 Å². The van der Waals surface area contributed by atoms with Crippen molar-refractivity contribution in [2.45, 2.75) is 49.1 Å². The zero-order valence-corrected chi connectivity index (χ0v) is 24.7. The Morgan fingerprint density at radius 3 is 1.86 bits per heavy atom. The van der Waals surface area contributed by atoms with Crippen LogP contribution < -0.4 is 20.7 Å². The number of thioether (sulfide) groups is 1.